The fraction of sp³-hybridized carbons (Fsp3) is 0.231. The first-order chi connectivity index (χ1) is 8.61. The van der Waals surface area contributed by atoms with E-state index in [-0.39, 0.29) is 11.2 Å². The lowest BCUT2D eigenvalue weighted by Crippen LogP contribution is -2.36. The lowest BCUT2D eigenvalue weighted by Gasteiger charge is -2.01. The first-order valence-electron chi connectivity index (χ1n) is 5.66. The van der Waals surface area contributed by atoms with Crippen LogP contribution in [0.5, 0.6) is 0 Å². The maximum atomic E-state index is 12.2. The largest absolute Gasteiger partial charge is 0.443 e. The second-order valence-electron chi connectivity index (χ2n) is 4.32. The van der Waals surface area contributed by atoms with Crippen molar-refractivity contribution in [3.8, 4) is 0 Å². The maximum absolute atomic E-state index is 12.2. The van der Waals surface area contributed by atoms with Gasteiger partial charge in [-0.15, -0.1) is 0 Å². The van der Waals surface area contributed by atoms with Crippen LogP contribution in [0.3, 0.4) is 0 Å². The third kappa shape index (κ3) is 1.27. The average Bonchev–Trinajstić information content (AvgIpc) is 2.57. The van der Waals surface area contributed by atoms with E-state index in [1.54, 1.807) is 7.05 Å². The number of nitrogens with zero attached hydrogens (tertiary/aromatic N) is 2. The average molecular weight is 244 g/mol. The fourth-order valence-corrected chi connectivity index (χ4v) is 2.22. The molecule has 1 aliphatic rings. The number of fused-ring (bicyclic) bond motifs is 3. The van der Waals surface area contributed by atoms with E-state index in [0.29, 0.717) is 23.3 Å². The van der Waals surface area contributed by atoms with Crippen LogP contribution in [-0.2, 0) is 20.5 Å². The van der Waals surface area contributed by atoms with Crippen molar-refractivity contribution in [2.45, 2.75) is 6.42 Å². The molecule has 92 valence electrons. The Kier molecular flexibility index (Phi) is 2.16. The van der Waals surface area contributed by atoms with Crippen molar-refractivity contribution in [2.24, 2.45) is 14.1 Å². The van der Waals surface area contributed by atoms with E-state index in [1.165, 1.54) is 11.6 Å². The summed E-state index contributed by atoms with van der Waals surface area (Å²) >= 11 is 0. The van der Waals surface area contributed by atoms with Crippen LogP contribution in [0.1, 0.15) is 11.3 Å². The number of allylic oxidation sites excluding steroid dienone is 3. The van der Waals surface area contributed by atoms with Gasteiger partial charge in [0.05, 0.1) is 0 Å². The van der Waals surface area contributed by atoms with E-state index in [9.17, 15) is 9.59 Å². The van der Waals surface area contributed by atoms with E-state index in [2.05, 4.69) is 0 Å². The normalized spacial score (nSPS) is 13.9. The Morgan fingerprint density at radius 3 is 2.72 bits per heavy atom. The molecule has 1 aliphatic carbocycles. The van der Waals surface area contributed by atoms with Crippen molar-refractivity contribution in [3.05, 3.63) is 50.4 Å². The van der Waals surface area contributed by atoms with Crippen LogP contribution in [0.15, 0.2) is 32.2 Å². The summed E-state index contributed by atoms with van der Waals surface area (Å²) < 4.78 is 8.13. The number of aryl methyl sites for hydroxylation is 1. The molecule has 18 heavy (non-hydrogen) atoms. The topological polar surface area (TPSA) is 57.1 Å². The van der Waals surface area contributed by atoms with Crippen molar-refractivity contribution in [2.75, 3.05) is 0 Å². The molecule has 2 aromatic heterocycles. The molecular weight excluding hydrogens is 232 g/mol. The molecule has 0 atom stereocenters. The zero-order valence-electron chi connectivity index (χ0n) is 10.1. The van der Waals surface area contributed by atoms with Gasteiger partial charge < -0.3 is 4.42 Å². The standard InChI is InChI=1S/C13H12N2O3/c1-14-11(16)10-8-6-4-3-5-7-9(8)18-12(10)15(2)13(14)17/h3-6H,7H2,1-2H3. The Bertz CT molecular complexity index is 815. The number of furan rings is 1. The Labute approximate surface area is 102 Å². The van der Waals surface area contributed by atoms with E-state index < -0.39 is 0 Å². The van der Waals surface area contributed by atoms with Crippen LogP contribution in [0.4, 0.5) is 0 Å². The molecule has 0 unspecified atom stereocenters. The summed E-state index contributed by atoms with van der Waals surface area (Å²) in [5.41, 5.74) is 0.417. The van der Waals surface area contributed by atoms with Crippen molar-refractivity contribution < 1.29 is 4.42 Å². The van der Waals surface area contributed by atoms with Crippen molar-refractivity contribution in [1.82, 2.24) is 9.13 Å². The van der Waals surface area contributed by atoms with Gasteiger partial charge in [0.25, 0.3) is 5.56 Å². The molecule has 0 radical (unpaired) electrons. The second kappa shape index (κ2) is 3.60. The Morgan fingerprint density at radius 2 is 1.94 bits per heavy atom. The van der Waals surface area contributed by atoms with Gasteiger partial charge in [-0.2, -0.15) is 0 Å². The van der Waals surface area contributed by atoms with Crippen LogP contribution < -0.4 is 11.2 Å². The minimum Gasteiger partial charge on any atom is -0.443 e. The number of hydrogen-bond acceptors (Lipinski definition) is 3. The quantitative estimate of drug-likeness (QED) is 0.693. The van der Waals surface area contributed by atoms with Gasteiger partial charge in [0.2, 0.25) is 5.71 Å². The van der Waals surface area contributed by atoms with Gasteiger partial charge >= 0.3 is 5.69 Å². The summed E-state index contributed by atoms with van der Waals surface area (Å²) in [5.74, 6) is 0.716. The fourth-order valence-electron chi connectivity index (χ4n) is 2.22. The Morgan fingerprint density at radius 1 is 1.17 bits per heavy atom. The van der Waals surface area contributed by atoms with Crippen LogP contribution in [0, 0.1) is 0 Å². The van der Waals surface area contributed by atoms with Gasteiger partial charge in [0, 0.05) is 26.1 Å². The molecule has 2 aromatic rings. The predicted octanol–water partition coefficient (Wildman–Crippen LogP) is 0.956. The van der Waals surface area contributed by atoms with Crippen LogP contribution in [0.25, 0.3) is 17.2 Å². The van der Waals surface area contributed by atoms with Crippen molar-refractivity contribution >= 4 is 17.2 Å². The summed E-state index contributed by atoms with van der Waals surface area (Å²) in [7, 11) is 3.08. The molecule has 0 saturated heterocycles. The molecule has 0 saturated carbocycles. The number of aromatic nitrogens is 2. The van der Waals surface area contributed by atoms with Crippen LogP contribution in [-0.4, -0.2) is 9.13 Å². The van der Waals surface area contributed by atoms with E-state index >= 15 is 0 Å². The molecule has 0 spiro atoms. The summed E-state index contributed by atoms with van der Waals surface area (Å²) in [6, 6.07) is 0. The number of rotatable bonds is 0. The van der Waals surface area contributed by atoms with E-state index in [4.69, 9.17) is 4.42 Å². The Hall–Kier alpha value is -2.30. The monoisotopic (exact) mass is 244 g/mol. The zero-order chi connectivity index (χ0) is 12.9. The predicted molar refractivity (Wildman–Crippen MR) is 68.6 cm³/mol. The van der Waals surface area contributed by atoms with Gasteiger partial charge in [-0.05, 0) is 0 Å². The highest BCUT2D eigenvalue weighted by Crippen LogP contribution is 2.25. The van der Waals surface area contributed by atoms with Crippen LogP contribution >= 0.6 is 0 Å². The molecule has 0 fully saturated rings. The molecule has 5 nitrogen and oxygen atoms in total. The second-order valence-corrected chi connectivity index (χ2v) is 4.32. The first kappa shape index (κ1) is 10.8. The Balaban J connectivity index is 2.57. The van der Waals surface area contributed by atoms with Gasteiger partial charge in [-0.3, -0.25) is 13.9 Å². The highest BCUT2D eigenvalue weighted by atomic mass is 16.3. The first-order valence-corrected chi connectivity index (χ1v) is 5.66. The molecular formula is C13H12N2O3. The summed E-state index contributed by atoms with van der Waals surface area (Å²) in [4.78, 5) is 24.0. The third-order valence-corrected chi connectivity index (χ3v) is 3.21. The smallest absolute Gasteiger partial charge is 0.333 e. The highest BCUT2D eigenvalue weighted by molar-refractivity contribution is 5.86. The lowest BCUT2D eigenvalue weighted by atomic mass is 10.1. The zero-order valence-corrected chi connectivity index (χ0v) is 10.1. The number of hydrogen-bond donors (Lipinski definition) is 0. The van der Waals surface area contributed by atoms with Gasteiger partial charge in [-0.1, -0.05) is 24.3 Å². The molecule has 5 heteroatoms. The lowest BCUT2D eigenvalue weighted by molar-refractivity contribution is 0.527. The summed E-state index contributed by atoms with van der Waals surface area (Å²) in [5, 5.41) is 0.467. The molecule has 0 aliphatic heterocycles. The van der Waals surface area contributed by atoms with Gasteiger partial charge in [0.15, 0.2) is 0 Å². The highest BCUT2D eigenvalue weighted by Gasteiger charge is 2.19. The van der Waals surface area contributed by atoms with Gasteiger partial charge in [0.1, 0.15) is 11.1 Å². The summed E-state index contributed by atoms with van der Waals surface area (Å²) in [6.07, 6.45) is 8.19. The van der Waals surface area contributed by atoms with E-state index in [0.717, 1.165) is 10.1 Å². The third-order valence-electron chi connectivity index (χ3n) is 3.21. The minimum absolute atomic E-state index is 0.315. The molecule has 3 rings (SSSR count). The van der Waals surface area contributed by atoms with Crippen molar-refractivity contribution in [1.29, 1.82) is 0 Å². The molecule has 0 bridgehead atoms. The molecule has 0 N–H and O–H groups in total. The minimum atomic E-state index is -0.379. The molecule has 0 aromatic carbocycles. The molecule has 0 amide bonds. The summed E-state index contributed by atoms with van der Waals surface area (Å²) in [6.45, 7) is 0. The van der Waals surface area contributed by atoms with Crippen molar-refractivity contribution in [3.63, 3.8) is 0 Å². The van der Waals surface area contributed by atoms with Gasteiger partial charge in [-0.25, -0.2) is 4.79 Å². The van der Waals surface area contributed by atoms with E-state index in [1.807, 2.05) is 24.3 Å². The maximum Gasteiger partial charge on any atom is 0.333 e. The molecule has 2 heterocycles. The SMILES string of the molecule is Cn1c(=O)c2c3c(oc2n(C)c1=O)CC=CC=C3. The van der Waals surface area contributed by atoms with Crippen LogP contribution in [0.2, 0.25) is 0 Å².